The highest BCUT2D eigenvalue weighted by Crippen LogP contribution is 2.39. The summed E-state index contributed by atoms with van der Waals surface area (Å²) in [5.41, 5.74) is 0.552. The van der Waals surface area contributed by atoms with Crippen LogP contribution in [0.1, 0.15) is 32.2 Å². The summed E-state index contributed by atoms with van der Waals surface area (Å²) in [6.45, 7) is 9.34. The third kappa shape index (κ3) is 6.70. The number of carbonyl (C=O) groups is 1. The molecule has 3 N–H and O–H groups in total. The minimum absolute atomic E-state index is 0.242. The summed E-state index contributed by atoms with van der Waals surface area (Å²) in [6.07, 6.45) is 0.865. The van der Waals surface area contributed by atoms with E-state index in [0.29, 0.717) is 5.69 Å². The first kappa shape index (κ1) is 23.1. The molecule has 160 valence electrons. The second-order valence-corrected chi connectivity index (χ2v) is 11.2. The number of hydrogen-bond acceptors (Lipinski definition) is 6. The first-order valence-electron chi connectivity index (χ1n) is 9.28. The number of imidazole rings is 1. The number of aromatic amines is 1. The van der Waals surface area contributed by atoms with Crippen LogP contribution >= 0.6 is 7.37 Å². The van der Waals surface area contributed by atoms with Crippen LogP contribution in [0.4, 0.5) is 4.79 Å². The molecule has 1 amide bonds. The molecule has 0 saturated heterocycles. The van der Waals surface area contributed by atoms with Gasteiger partial charge in [0.2, 0.25) is 0 Å². The molecule has 1 atom stereocenters. The molecule has 2 aromatic rings. The molecule has 9 heteroatoms. The molecular weight excluding hydrogens is 393 g/mol. The fourth-order valence-electron chi connectivity index (χ4n) is 2.53. The van der Waals surface area contributed by atoms with E-state index in [1.807, 2.05) is 31.2 Å². The quantitative estimate of drug-likeness (QED) is 0.586. The van der Waals surface area contributed by atoms with Crippen molar-refractivity contribution in [3.63, 3.8) is 0 Å². The van der Waals surface area contributed by atoms with Gasteiger partial charge in [-0.1, -0.05) is 29.8 Å². The van der Waals surface area contributed by atoms with Gasteiger partial charge >= 0.3 is 6.09 Å². The van der Waals surface area contributed by atoms with E-state index in [0.717, 1.165) is 11.1 Å². The van der Waals surface area contributed by atoms with Crippen LogP contribution in [0.25, 0.3) is 11.3 Å². The average Bonchev–Trinajstić information content (AvgIpc) is 3.07. The van der Waals surface area contributed by atoms with E-state index in [1.54, 1.807) is 27.0 Å². The number of alkyl carbamates (subject to hydrolysis) is 1. The van der Waals surface area contributed by atoms with Crippen molar-refractivity contribution in [3.8, 4) is 11.3 Å². The molecule has 0 saturated carbocycles. The predicted octanol–water partition coefficient (Wildman–Crippen LogP) is 3.65. The second-order valence-electron chi connectivity index (χ2n) is 8.40. The molecule has 0 radical (unpaired) electrons. The van der Waals surface area contributed by atoms with E-state index in [1.165, 1.54) is 13.3 Å². The summed E-state index contributed by atoms with van der Waals surface area (Å²) < 4.78 is 22.9. The predicted molar refractivity (Wildman–Crippen MR) is 112 cm³/mol. The van der Waals surface area contributed by atoms with Crippen LogP contribution < -0.4 is 5.32 Å². The van der Waals surface area contributed by atoms with Gasteiger partial charge in [0, 0.05) is 13.3 Å². The van der Waals surface area contributed by atoms with E-state index in [4.69, 9.17) is 9.26 Å². The Kier molecular flexibility index (Phi) is 6.93. The lowest BCUT2D eigenvalue weighted by atomic mass is 10.0. The number of ether oxygens (including phenoxy) is 1. The minimum Gasteiger partial charge on any atom is -0.444 e. The largest absolute Gasteiger partial charge is 0.444 e. The Balaban J connectivity index is 2.39. The lowest BCUT2D eigenvalue weighted by Gasteiger charge is -2.32. The molecule has 0 aliphatic carbocycles. The third-order valence-corrected chi connectivity index (χ3v) is 4.77. The topological polar surface area (TPSA) is 114 Å². The van der Waals surface area contributed by atoms with Crippen LogP contribution in [-0.4, -0.2) is 53.3 Å². The molecule has 0 aliphatic heterocycles. The molecule has 0 bridgehead atoms. The highest BCUT2D eigenvalue weighted by molar-refractivity contribution is 7.57. The van der Waals surface area contributed by atoms with Gasteiger partial charge in [-0.05, 0) is 33.3 Å². The molecule has 0 fully saturated rings. The smallest absolute Gasteiger partial charge is 0.408 e. The van der Waals surface area contributed by atoms with Crippen molar-refractivity contribution < 1.29 is 23.7 Å². The average molecular weight is 423 g/mol. The summed E-state index contributed by atoms with van der Waals surface area (Å²) in [6, 6.07) is 7.83. The van der Waals surface area contributed by atoms with E-state index in [-0.39, 0.29) is 12.4 Å². The highest BCUT2D eigenvalue weighted by atomic mass is 31.2. The number of nitrogens with one attached hydrogen (secondary N) is 2. The van der Waals surface area contributed by atoms with Crippen molar-refractivity contribution in [2.24, 2.45) is 0 Å². The van der Waals surface area contributed by atoms with E-state index in [9.17, 15) is 14.5 Å². The lowest BCUT2D eigenvalue weighted by Crippen LogP contribution is -2.53. The van der Waals surface area contributed by atoms with Crippen molar-refractivity contribution >= 4 is 13.5 Å². The molecular formula is C20H30N3O5P. The zero-order chi connectivity index (χ0) is 21.9. The third-order valence-electron chi connectivity index (χ3n) is 4.02. The molecule has 1 unspecified atom stereocenters. The molecule has 1 aromatic heterocycles. The Labute approximate surface area is 171 Å². The van der Waals surface area contributed by atoms with Gasteiger partial charge in [0.1, 0.15) is 17.0 Å². The lowest BCUT2D eigenvalue weighted by molar-refractivity contribution is 0.0299. The van der Waals surface area contributed by atoms with Crippen molar-refractivity contribution in [2.75, 3.05) is 26.5 Å². The number of H-pyrrole nitrogens is 1. The van der Waals surface area contributed by atoms with Crippen molar-refractivity contribution in [2.45, 2.75) is 38.8 Å². The Bertz CT molecular complexity index is 882. The number of hydrogen-bond donors (Lipinski definition) is 3. The van der Waals surface area contributed by atoms with Crippen LogP contribution in [0, 0.1) is 6.92 Å². The van der Waals surface area contributed by atoms with E-state index >= 15 is 0 Å². The summed E-state index contributed by atoms with van der Waals surface area (Å²) in [5.74, 6) is 0.273. The van der Waals surface area contributed by atoms with Crippen LogP contribution in [0.3, 0.4) is 0 Å². The zero-order valence-corrected chi connectivity index (χ0v) is 18.7. The van der Waals surface area contributed by atoms with Gasteiger partial charge in [0.15, 0.2) is 7.37 Å². The Morgan fingerprint density at radius 3 is 2.38 bits per heavy atom. The molecule has 0 spiro atoms. The summed E-state index contributed by atoms with van der Waals surface area (Å²) in [4.78, 5) is 19.9. The molecule has 0 aliphatic rings. The van der Waals surface area contributed by atoms with Gasteiger partial charge in [0.05, 0.1) is 25.1 Å². The number of aliphatic hydroxyl groups excluding tert-OH is 1. The number of carbonyl (C=O) groups excluding carboxylic acids is 1. The summed E-state index contributed by atoms with van der Waals surface area (Å²) in [5, 5.41) is 12.8. The zero-order valence-electron chi connectivity index (χ0n) is 17.8. The number of benzene rings is 1. The van der Waals surface area contributed by atoms with Gasteiger partial charge < -0.3 is 24.7 Å². The fraction of sp³-hybridized carbons (Fsp3) is 0.500. The van der Waals surface area contributed by atoms with Gasteiger partial charge in [-0.3, -0.25) is 4.57 Å². The van der Waals surface area contributed by atoms with Gasteiger partial charge in [-0.25, -0.2) is 9.78 Å². The fourth-order valence-corrected chi connectivity index (χ4v) is 3.06. The number of aliphatic hydroxyl groups is 1. The Morgan fingerprint density at radius 1 is 1.24 bits per heavy atom. The standard InChI is InChI=1S/C20H30N3O5P/c1-14-7-9-15(10-8-14)16-11-21-17(22-16)20(12-24,13-27-29(5,6)26)23-18(25)28-19(2,3)4/h7-11,24H,12-13H2,1-6H3,(H,21,22)(H,23,25). The Hall–Kier alpha value is -2.15. The van der Waals surface area contributed by atoms with Gasteiger partial charge in [0.25, 0.3) is 0 Å². The Morgan fingerprint density at radius 2 is 1.86 bits per heavy atom. The number of rotatable bonds is 7. The molecule has 29 heavy (non-hydrogen) atoms. The maximum absolute atomic E-state index is 12.4. The first-order chi connectivity index (χ1) is 13.3. The van der Waals surface area contributed by atoms with Crippen LogP contribution in [0.2, 0.25) is 0 Å². The second kappa shape index (κ2) is 8.69. The summed E-state index contributed by atoms with van der Waals surface area (Å²) in [7, 11) is -2.88. The normalized spacial score (nSPS) is 14.3. The van der Waals surface area contributed by atoms with Crippen molar-refractivity contribution in [1.29, 1.82) is 0 Å². The summed E-state index contributed by atoms with van der Waals surface area (Å²) >= 11 is 0. The van der Waals surface area contributed by atoms with Gasteiger partial charge in [-0.15, -0.1) is 0 Å². The van der Waals surface area contributed by atoms with Crippen LogP contribution in [0.5, 0.6) is 0 Å². The maximum atomic E-state index is 12.4. The SMILES string of the molecule is Cc1ccc(-c2cnc(C(CO)(COP(C)(C)=O)NC(=O)OC(C)(C)C)[nH]2)cc1. The number of nitrogens with zero attached hydrogens (tertiary/aromatic N) is 1. The highest BCUT2D eigenvalue weighted by Gasteiger charge is 2.39. The monoisotopic (exact) mass is 423 g/mol. The van der Waals surface area contributed by atoms with Crippen molar-refractivity contribution in [3.05, 3.63) is 41.9 Å². The molecule has 1 aromatic carbocycles. The van der Waals surface area contributed by atoms with E-state index < -0.39 is 31.2 Å². The minimum atomic E-state index is -2.88. The van der Waals surface area contributed by atoms with Crippen LogP contribution in [-0.2, 0) is 19.4 Å². The maximum Gasteiger partial charge on any atom is 0.408 e. The van der Waals surface area contributed by atoms with Crippen molar-refractivity contribution in [1.82, 2.24) is 15.3 Å². The number of aromatic nitrogens is 2. The van der Waals surface area contributed by atoms with Gasteiger partial charge in [-0.2, -0.15) is 0 Å². The number of amides is 1. The van der Waals surface area contributed by atoms with E-state index in [2.05, 4.69) is 15.3 Å². The first-order valence-corrected chi connectivity index (χ1v) is 11.8. The molecule has 8 nitrogen and oxygen atoms in total. The number of aryl methyl sites for hydroxylation is 1. The molecule has 2 rings (SSSR count). The molecule has 1 heterocycles. The van der Waals surface area contributed by atoms with Crippen LogP contribution in [0.15, 0.2) is 30.5 Å².